The Bertz CT molecular complexity index is 474. The van der Waals surface area contributed by atoms with Crippen LogP contribution in [0.25, 0.3) is 0 Å². The summed E-state index contributed by atoms with van der Waals surface area (Å²) in [6.07, 6.45) is 19.2. The fourth-order valence-electron chi connectivity index (χ4n) is 7.53. The molecule has 0 aliphatic heterocycles. The number of hydrogen-bond acceptors (Lipinski definition) is 1. The molecule has 0 heterocycles. The Labute approximate surface area is 132 Å². The minimum absolute atomic E-state index is 0.996. The van der Waals surface area contributed by atoms with E-state index >= 15 is 0 Å². The zero-order valence-electron chi connectivity index (χ0n) is 12.7. The Balaban J connectivity index is 1.18. The molecule has 0 aromatic rings. The molecule has 1 heteroatoms. The third-order valence-corrected chi connectivity index (χ3v) is 10.0. The summed E-state index contributed by atoms with van der Waals surface area (Å²) in [6, 6.07) is 0. The Hall–Kier alpha value is -0.170. The number of thioether (sulfide) groups is 1. The molecule has 0 spiro atoms. The van der Waals surface area contributed by atoms with E-state index in [1.165, 1.54) is 12.8 Å². The van der Waals surface area contributed by atoms with Crippen LogP contribution >= 0.6 is 11.8 Å². The number of rotatable bonds is 2. The van der Waals surface area contributed by atoms with Crippen molar-refractivity contribution in [2.24, 2.45) is 47.3 Å². The first kappa shape index (κ1) is 12.3. The molecule has 0 radical (unpaired) electrons. The Morgan fingerprint density at radius 2 is 1.14 bits per heavy atom. The van der Waals surface area contributed by atoms with Crippen LogP contribution in [0.4, 0.5) is 0 Å². The van der Waals surface area contributed by atoms with Crippen molar-refractivity contribution >= 4 is 11.8 Å². The molecule has 0 amide bonds. The lowest BCUT2D eigenvalue weighted by molar-refractivity contribution is 0.281. The SMILES string of the molecule is C1=CC2C3CC(SC4CC5CC4C4CC=CC54)C(C3)C2C1. The summed E-state index contributed by atoms with van der Waals surface area (Å²) >= 11 is 2.48. The van der Waals surface area contributed by atoms with Crippen LogP contribution in [0.2, 0.25) is 0 Å². The number of allylic oxidation sites excluding steroid dienone is 4. The first-order valence-electron chi connectivity index (χ1n) is 9.37. The van der Waals surface area contributed by atoms with Crippen molar-refractivity contribution in [2.45, 2.75) is 49.0 Å². The van der Waals surface area contributed by atoms with Crippen molar-refractivity contribution in [1.82, 2.24) is 0 Å². The second-order valence-electron chi connectivity index (χ2n) is 8.81. The fraction of sp³-hybridized carbons (Fsp3) is 0.800. The van der Waals surface area contributed by atoms with Gasteiger partial charge in [0.25, 0.3) is 0 Å². The van der Waals surface area contributed by atoms with Crippen LogP contribution in [0.5, 0.6) is 0 Å². The topological polar surface area (TPSA) is 0 Å². The first-order chi connectivity index (χ1) is 10.4. The molecule has 6 aliphatic rings. The Kier molecular flexibility index (Phi) is 2.47. The average Bonchev–Trinajstić information content (AvgIpc) is 3.26. The zero-order valence-corrected chi connectivity index (χ0v) is 13.6. The lowest BCUT2D eigenvalue weighted by atomic mass is 9.81. The van der Waals surface area contributed by atoms with E-state index in [-0.39, 0.29) is 0 Å². The van der Waals surface area contributed by atoms with E-state index in [1.807, 2.05) is 0 Å². The molecule has 6 rings (SSSR count). The quantitative estimate of drug-likeness (QED) is 0.652. The molecule has 21 heavy (non-hydrogen) atoms. The molecule has 0 aromatic heterocycles. The predicted octanol–water partition coefficient (Wildman–Crippen LogP) is 4.92. The molecule has 4 fully saturated rings. The maximum absolute atomic E-state index is 2.57. The summed E-state index contributed by atoms with van der Waals surface area (Å²) < 4.78 is 0. The van der Waals surface area contributed by atoms with E-state index in [0.29, 0.717) is 0 Å². The second-order valence-corrected chi connectivity index (χ2v) is 10.3. The van der Waals surface area contributed by atoms with Gasteiger partial charge in [0.15, 0.2) is 0 Å². The molecule has 10 unspecified atom stereocenters. The lowest BCUT2D eigenvalue weighted by Crippen LogP contribution is -2.32. The van der Waals surface area contributed by atoms with Crippen LogP contribution in [0.15, 0.2) is 24.3 Å². The van der Waals surface area contributed by atoms with Gasteiger partial charge < -0.3 is 0 Å². The Morgan fingerprint density at radius 1 is 0.619 bits per heavy atom. The van der Waals surface area contributed by atoms with Gasteiger partial charge in [-0.3, -0.25) is 0 Å². The van der Waals surface area contributed by atoms with Gasteiger partial charge in [-0.1, -0.05) is 24.3 Å². The molecule has 0 aromatic carbocycles. The monoisotopic (exact) mass is 298 g/mol. The highest BCUT2D eigenvalue weighted by atomic mass is 32.2. The summed E-state index contributed by atoms with van der Waals surface area (Å²) in [5.74, 6) is 8.40. The maximum Gasteiger partial charge on any atom is 0.00841 e. The van der Waals surface area contributed by atoms with Crippen molar-refractivity contribution in [3.63, 3.8) is 0 Å². The summed E-state index contributed by atoms with van der Waals surface area (Å²) in [5, 5.41) is 2.07. The predicted molar refractivity (Wildman–Crippen MR) is 89.1 cm³/mol. The van der Waals surface area contributed by atoms with E-state index in [4.69, 9.17) is 0 Å². The van der Waals surface area contributed by atoms with Gasteiger partial charge >= 0.3 is 0 Å². The van der Waals surface area contributed by atoms with E-state index < -0.39 is 0 Å². The van der Waals surface area contributed by atoms with Crippen molar-refractivity contribution in [3.8, 4) is 0 Å². The summed E-state index contributed by atoms with van der Waals surface area (Å²) in [4.78, 5) is 0. The van der Waals surface area contributed by atoms with E-state index in [1.54, 1.807) is 25.7 Å². The molecule has 4 saturated carbocycles. The fourth-order valence-corrected chi connectivity index (χ4v) is 9.72. The largest absolute Gasteiger partial charge is 0.155 e. The summed E-state index contributed by atoms with van der Waals surface area (Å²) in [7, 11) is 0. The minimum atomic E-state index is 0.996. The molecule has 0 saturated heterocycles. The van der Waals surface area contributed by atoms with Crippen LogP contribution in [0.1, 0.15) is 38.5 Å². The van der Waals surface area contributed by atoms with E-state index in [9.17, 15) is 0 Å². The van der Waals surface area contributed by atoms with Crippen LogP contribution in [-0.2, 0) is 0 Å². The summed E-state index contributed by atoms with van der Waals surface area (Å²) in [6.45, 7) is 0. The van der Waals surface area contributed by atoms with Crippen LogP contribution in [0.3, 0.4) is 0 Å². The van der Waals surface area contributed by atoms with Crippen molar-refractivity contribution in [2.75, 3.05) is 0 Å². The molecule has 4 bridgehead atoms. The van der Waals surface area contributed by atoms with Crippen LogP contribution in [-0.4, -0.2) is 10.5 Å². The average molecular weight is 298 g/mol. The van der Waals surface area contributed by atoms with Crippen LogP contribution in [0, 0.1) is 47.3 Å². The summed E-state index contributed by atoms with van der Waals surface area (Å²) in [5.41, 5.74) is 0. The van der Waals surface area contributed by atoms with Gasteiger partial charge in [-0.05, 0) is 85.9 Å². The maximum atomic E-state index is 2.57. The molecular weight excluding hydrogens is 272 g/mol. The van der Waals surface area contributed by atoms with Gasteiger partial charge in [0, 0.05) is 10.5 Å². The number of fused-ring (bicyclic) bond motifs is 10. The van der Waals surface area contributed by atoms with Gasteiger partial charge in [0.05, 0.1) is 0 Å². The van der Waals surface area contributed by atoms with Gasteiger partial charge in [0.1, 0.15) is 0 Å². The van der Waals surface area contributed by atoms with Gasteiger partial charge in [0.2, 0.25) is 0 Å². The molecular formula is C20H26S. The standard InChI is InChI=1S/C20H26S/c1-3-13-11-7-17(15(13)5-1)19(9-11)21-20-10-12-8-18(20)16-6-2-4-14(12)16/h1-4,11-20H,5-10H2. The first-order valence-corrected chi connectivity index (χ1v) is 10.3. The highest BCUT2D eigenvalue weighted by Crippen LogP contribution is 2.64. The number of hydrogen-bond donors (Lipinski definition) is 0. The highest BCUT2D eigenvalue weighted by molar-refractivity contribution is 8.00. The van der Waals surface area contributed by atoms with Crippen molar-refractivity contribution in [3.05, 3.63) is 24.3 Å². The minimum Gasteiger partial charge on any atom is -0.155 e. The van der Waals surface area contributed by atoms with Crippen molar-refractivity contribution < 1.29 is 0 Å². The molecule has 6 aliphatic carbocycles. The molecule has 0 nitrogen and oxygen atoms in total. The van der Waals surface area contributed by atoms with Gasteiger partial charge in [-0.25, -0.2) is 0 Å². The highest BCUT2D eigenvalue weighted by Gasteiger charge is 2.56. The normalized spacial score (nSPS) is 61.9. The van der Waals surface area contributed by atoms with Gasteiger partial charge in [-0.2, -0.15) is 11.8 Å². The third kappa shape index (κ3) is 1.55. The molecule has 0 N–H and O–H groups in total. The smallest absolute Gasteiger partial charge is 0.00841 e. The lowest BCUT2D eigenvalue weighted by Gasteiger charge is -2.37. The molecule has 10 atom stereocenters. The van der Waals surface area contributed by atoms with Crippen molar-refractivity contribution in [1.29, 1.82) is 0 Å². The second kappa shape index (κ2) is 4.22. The van der Waals surface area contributed by atoms with Gasteiger partial charge in [-0.15, -0.1) is 0 Å². The Morgan fingerprint density at radius 3 is 1.67 bits per heavy atom. The van der Waals surface area contributed by atoms with E-state index in [0.717, 1.165) is 57.8 Å². The zero-order chi connectivity index (χ0) is 13.6. The third-order valence-electron chi connectivity index (χ3n) is 8.24. The van der Waals surface area contributed by atoms with Crippen LogP contribution < -0.4 is 0 Å². The van der Waals surface area contributed by atoms with E-state index in [2.05, 4.69) is 36.1 Å². The molecule has 112 valence electrons.